The summed E-state index contributed by atoms with van der Waals surface area (Å²) < 4.78 is 0. The number of hydrogen-bond donors (Lipinski definition) is 1. The molecule has 19 heavy (non-hydrogen) atoms. The maximum absolute atomic E-state index is 10.7. The first-order valence-electron chi connectivity index (χ1n) is 5.92. The highest BCUT2D eigenvalue weighted by Crippen LogP contribution is 2.05. The van der Waals surface area contributed by atoms with Crippen molar-refractivity contribution < 1.29 is 9.90 Å². The molecule has 0 atom stereocenters. The Morgan fingerprint density at radius 1 is 1.16 bits per heavy atom. The van der Waals surface area contributed by atoms with E-state index in [1.165, 1.54) is 18.0 Å². The average Bonchev–Trinajstić information content (AvgIpc) is 2.40. The van der Waals surface area contributed by atoms with Gasteiger partial charge < -0.3 is 5.11 Å². The molecule has 0 unspecified atom stereocenters. The molecule has 1 heterocycles. The summed E-state index contributed by atoms with van der Waals surface area (Å²) >= 11 is 0. The Hall–Kier alpha value is -2.27. The molecule has 0 amide bonds. The van der Waals surface area contributed by atoms with E-state index in [0.717, 1.165) is 6.54 Å². The molecule has 0 saturated heterocycles. The lowest BCUT2D eigenvalue weighted by Crippen LogP contribution is -2.19. The summed E-state index contributed by atoms with van der Waals surface area (Å²) in [5, 5.41) is 8.76. The van der Waals surface area contributed by atoms with Crippen LogP contribution in [0, 0.1) is 0 Å². The fourth-order valence-electron chi connectivity index (χ4n) is 1.74. The van der Waals surface area contributed by atoms with E-state index in [-0.39, 0.29) is 5.56 Å². The molecule has 1 aromatic heterocycles. The van der Waals surface area contributed by atoms with Crippen molar-refractivity contribution in [2.24, 2.45) is 0 Å². The largest absolute Gasteiger partial charge is 0.478 e. The molecule has 0 aliphatic carbocycles. The summed E-state index contributed by atoms with van der Waals surface area (Å²) in [6.45, 7) is 1.37. The number of aromatic carboxylic acids is 1. The van der Waals surface area contributed by atoms with Crippen molar-refractivity contribution >= 4 is 5.97 Å². The second-order valence-electron chi connectivity index (χ2n) is 4.35. The van der Waals surface area contributed by atoms with Gasteiger partial charge in [-0.25, -0.2) is 14.8 Å². The Balaban J connectivity index is 1.95. The number of benzene rings is 1. The molecule has 5 heteroatoms. The van der Waals surface area contributed by atoms with Gasteiger partial charge in [-0.1, -0.05) is 30.3 Å². The maximum atomic E-state index is 10.7. The molecule has 1 N–H and O–H groups in total. The van der Waals surface area contributed by atoms with Gasteiger partial charge in [0.1, 0.15) is 5.82 Å². The van der Waals surface area contributed by atoms with E-state index in [1.54, 1.807) is 0 Å². The summed E-state index contributed by atoms with van der Waals surface area (Å²) in [6.07, 6.45) is 2.67. The predicted molar refractivity (Wildman–Crippen MR) is 70.6 cm³/mol. The zero-order valence-corrected chi connectivity index (χ0v) is 10.7. The van der Waals surface area contributed by atoms with E-state index in [9.17, 15) is 4.79 Å². The Morgan fingerprint density at radius 2 is 1.79 bits per heavy atom. The topological polar surface area (TPSA) is 66.3 Å². The Kier molecular flexibility index (Phi) is 4.20. The van der Waals surface area contributed by atoms with Gasteiger partial charge in [0.15, 0.2) is 0 Å². The van der Waals surface area contributed by atoms with Crippen molar-refractivity contribution in [3.8, 4) is 0 Å². The molecule has 0 spiro atoms. The van der Waals surface area contributed by atoms with Crippen molar-refractivity contribution in [3.63, 3.8) is 0 Å². The van der Waals surface area contributed by atoms with Crippen LogP contribution in [0.15, 0.2) is 42.7 Å². The van der Waals surface area contributed by atoms with Crippen LogP contribution in [0.4, 0.5) is 0 Å². The molecule has 0 aliphatic rings. The maximum Gasteiger partial charge on any atom is 0.338 e. The summed E-state index contributed by atoms with van der Waals surface area (Å²) in [5.41, 5.74) is 1.32. The van der Waals surface area contributed by atoms with Gasteiger partial charge in [-0.15, -0.1) is 0 Å². The number of nitrogens with zero attached hydrogens (tertiary/aromatic N) is 3. The highest BCUT2D eigenvalue weighted by Gasteiger charge is 2.06. The molecule has 5 nitrogen and oxygen atoms in total. The quantitative estimate of drug-likeness (QED) is 0.884. The molecule has 0 bridgehead atoms. The Bertz CT molecular complexity index is 540. The third kappa shape index (κ3) is 3.86. The first kappa shape index (κ1) is 13.2. The van der Waals surface area contributed by atoms with E-state index in [4.69, 9.17) is 5.11 Å². The molecular formula is C14H15N3O2. The van der Waals surface area contributed by atoms with Gasteiger partial charge in [-0.3, -0.25) is 4.90 Å². The monoisotopic (exact) mass is 257 g/mol. The number of carboxylic acid groups (broad SMARTS) is 1. The summed E-state index contributed by atoms with van der Waals surface area (Å²) in [6, 6.07) is 10.1. The zero-order valence-electron chi connectivity index (χ0n) is 10.7. The van der Waals surface area contributed by atoms with E-state index in [2.05, 4.69) is 27.0 Å². The second-order valence-corrected chi connectivity index (χ2v) is 4.35. The normalized spacial score (nSPS) is 10.6. The van der Waals surface area contributed by atoms with Gasteiger partial charge in [0.25, 0.3) is 0 Å². The van der Waals surface area contributed by atoms with Crippen LogP contribution in [0.1, 0.15) is 21.7 Å². The summed E-state index contributed by atoms with van der Waals surface area (Å²) in [4.78, 5) is 20.9. The van der Waals surface area contributed by atoms with Gasteiger partial charge in [0.2, 0.25) is 0 Å². The second kappa shape index (κ2) is 6.06. The van der Waals surface area contributed by atoms with Crippen molar-refractivity contribution in [3.05, 3.63) is 59.7 Å². The third-order valence-corrected chi connectivity index (χ3v) is 2.66. The van der Waals surface area contributed by atoms with Gasteiger partial charge in [0.05, 0.1) is 12.1 Å². The number of carbonyl (C=O) groups is 1. The molecule has 1 aromatic carbocycles. The molecule has 2 rings (SSSR count). The lowest BCUT2D eigenvalue weighted by Gasteiger charge is -2.15. The Morgan fingerprint density at radius 3 is 2.37 bits per heavy atom. The van der Waals surface area contributed by atoms with Crippen molar-refractivity contribution in [2.75, 3.05) is 7.05 Å². The van der Waals surface area contributed by atoms with Crippen LogP contribution in [0.25, 0.3) is 0 Å². The van der Waals surface area contributed by atoms with E-state index in [0.29, 0.717) is 12.4 Å². The molecule has 0 aliphatic heterocycles. The first-order valence-corrected chi connectivity index (χ1v) is 5.92. The number of aromatic nitrogens is 2. The van der Waals surface area contributed by atoms with Crippen LogP contribution in [-0.2, 0) is 13.1 Å². The lowest BCUT2D eigenvalue weighted by atomic mass is 10.2. The van der Waals surface area contributed by atoms with Gasteiger partial charge >= 0.3 is 5.97 Å². The van der Waals surface area contributed by atoms with Crippen molar-refractivity contribution in [1.82, 2.24) is 14.9 Å². The fourth-order valence-corrected chi connectivity index (χ4v) is 1.74. The van der Waals surface area contributed by atoms with Crippen molar-refractivity contribution in [2.45, 2.75) is 13.1 Å². The zero-order chi connectivity index (χ0) is 13.7. The molecule has 0 saturated carbocycles. The minimum absolute atomic E-state index is 0.106. The SMILES string of the molecule is CN(Cc1ccccc1)Cc1ncc(C(=O)O)cn1. The number of carboxylic acids is 1. The molecular weight excluding hydrogens is 242 g/mol. The smallest absolute Gasteiger partial charge is 0.338 e. The molecule has 2 aromatic rings. The highest BCUT2D eigenvalue weighted by atomic mass is 16.4. The summed E-state index contributed by atoms with van der Waals surface area (Å²) in [5.74, 6) is -0.396. The molecule has 0 radical (unpaired) electrons. The number of rotatable bonds is 5. The standard InChI is InChI=1S/C14H15N3O2/c1-17(9-11-5-3-2-4-6-11)10-13-15-7-12(8-16-13)14(18)19/h2-8H,9-10H2,1H3,(H,18,19). The van der Waals surface area contributed by atoms with Crippen LogP contribution in [-0.4, -0.2) is 33.0 Å². The summed E-state index contributed by atoms with van der Waals surface area (Å²) in [7, 11) is 1.97. The highest BCUT2D eigenvalue weighted by molar-refractivity contribution is 5.86. The van der Waals surface area contributed by atoms with Gasteiger partial charge in [-0.05, 0) is 12.6 Å². The van der Waals surface area contributed by atoms with E-state index >= 15 is 0 Å². The average molecular weight is 257 g/mol. The van der Waals surface area contributed by atoms with Crippen LogP contribution in [0.2, 0.25) is 0 Å². The van der Waals surface area contributed by atoms with Gasteiger partial charge in [0, 0.05) is 18.9 Å². The van der Waals surface area contributed by atoms with E-state index < -0.39 is 5.97 Å². The van der Waals surface area contributed by atoms with Crippen LogP contribution < -0.4 is 0 Å². The lowest BCUT2D eigenvalue weighted by molar-refractivity contribution is 0.0696. The van der Waals surface area contributed by atoms with Crippen molar-refractivity contribution in [1.29, 1.82) is 0 Å². The molecule has 0 fully saturated rings. The van der Waals surface area contributed by atoms with Crippen LogP contribution >= 0.6 is 0 Å². The van der Waals surface area contributed by atoms with Crippen LogP contribution in [0.5, 0.6) is 0 Å². The first-order chi connectivity index (χ1) is 9.15. The fraction of sp³-hybridized carbons (Fsp3) is 0.214. The minimum atomic E-state index is -1.01. The van der Waals surface area contributed by atoms with Crippen LogP contribution in [0.3, 0.4) is 0 Å². The predicted octanol–water partition coefficient (Wildman–Crippen LogP) is 1.81. The van der Waals surface area contributed by atoms with E-state index in [1.807, 2.05) is 25.2 Å². The third-order valence-electron chi connectivity index (χ3n) is 2.66. The minimum Gasteiger partial charge on any atom is -0.478 e. The number of hydrogen-bond acceptors (Lipinski definition) is 4. The van der Waals surface area contributed by atoms with Gasteiger partial charge in [-0.2, -0.15) is 0 Å². The Labute approximate surface area is 111 Å². The molecule has 98 valence electrons.